The van der Waals surface area contributed by atoms with Gasteiger partial charge in [0, 0.05) is 10.0 Å². The molecule has 1 nitrogen and oxygen atoms in total. The van der Waals surface area contributed by atoms with Gasteiger partial charge in [-0.1, -0.05) is 41.4 Å². The monoisotopic (exact) mass is 311 g/mol. The molecule has 0 fully saturated rings. The SMILES string of the molecule is NCC(Cc1ccc(F)cc1)Cc1c(Cl)cccc1Cl. The van der Waals surface area contributed by atoms with Crippen LogP contribution in [0.2, 0.25) is 10.0 Å². The fourth-order valence-electron chi connectivity index (χ4n) is 2.21. The molecule has 106 valence electrons. The molecular weight excluding hydrogens is 296 g/mol. The fourth-order valence-corrected chi connectivity index (χ4v) is 2.76. The van der Waals surface area contributed by atoms with Gasteiger partial charge >= 0.3 is 0 Å². The highest BCUT2D eigenvalue weighted by Gasteiger charge is 2.13. The molecule has 0 bridgehead atoms. The maximum atomic E-state index is 12.9. The lowest BCUT2D eigenvalue weighted by molar-refractivity contribution is 0.532. The topological polar surface area (TPSA) is 26.0 Å². The molecule has 2 rings (SSSR count). The second kappa shape index (κ2) is 7.07. The lowest BCUT2D eigenvalue weighted by Crippen LogP contribution is -2.19. The first-order valence-corrected chi connectivity index (χ1v) is 7.23. The summed E-state index contributed by atoms with van der Waals surface area (Å²) in [6.45, 7) is 0.527. The van der Waals surface area contributed by atoms with E-state index in [1.807, 2.05) is 18.2 Å². The maximum Gasteiger partial charge on any atom is 0.123 e. The number of nitrogens with two attached hydrogens (primary N) is 1. The molecule has 4 heteroatoms. The largest absolute Gasteiger partial charge is 0.330 e. The van der Waals surface area contributed by atoms with Gasteiger partial charge in [-0.05, 0) is 60.7 Å². The minimum absolute atomic E-state index is 0.220. The summed E-state index contributed by atoms with van der Waals surface area (Å²) in [5.74, 6) is -0.00921. The van der Waals surface area contributed by atoms with Crippen molar-refractivity contribution >= 4 is 23.2 Å². The molecule has 1 unspecified atom stereocenters. The summed E-state index contributed by atoms with van der Waals surface area (Å²) < 4.78 is 12.9. The van der Waals surface area contributed by atoms with Gasteiger partial charge in [0.25, 0.3) is 0 Å². The first-order chi connectivity index (χ1) is 9.60. The molecule has 0 radical (unpaired) electrons. The summed E-state index contributed by atoms with van der Waals surface area (Å²) in [7, 11) is 0. The van der Waals surface area contributed by atoms with Crippen LogP contribution in [-0.4, -0.2) is 6.54 Å². The van der Waals surface area contributed by atoms with Gasteiger partial charge in [0.2, 0.25) is 0 Å². The molecule has 0 amide bonds. The van der Waals surface area contributed by atoms with Crippen LogP contribution in [0.3, 0.4) is 0 Å². The summed E-state index contributed by atoms with van der Waals surface area (Å²) in [6, 6.07) is 12.0. The third kappa shape index (κ3) is 3.95. The molecule has 0 aliphatic heterocycles. The van der Waals surface area contributed by atoms with E-state index in [1.165, 1.54) is 12.1 Å². The average Bonchev–Trinajstić information content (AvgIpc) is 2.44. The number of hydrogen-bond acceptors (Lipinski definition) is 1. The molecule has 0 aliphatic rings. The van der Waals surface area contributed by atoms with E-state index >= 15 is 0 Å². The lowest BCUT2D eigenvalue weighted by atomic mass is 9.92. The second-order valence-corrected chi connectivity index (χ2v) is 5.65. The quantitative estimate of drug-likeness (QED) is 0.865. The van der Waals surface area contributed by atoms with Crippen LogP contribution in [-0.2, 0) is 12.8 Å². The van der Waals surface area contributed by atoms with E-state index in [9.17, 15) is 4.39 Å². The Bertz CT molecular complexity index is 549. The van der Waals surface area contributed by atoms with Gasteiger partial charge in [0.1, 0.15) is 5.82 Å². The van der Waals surface area contributed by atoms with Crippen molar-refractivity contribution in [2.75, 3.05) is 6.54 Å². The normalized spacial score (nSPS) is 12.4. The third-order valence-electron chi connectivity index (χ3n) is 3.33. The number of hydrogen-bond donors (Lipinski definition) is 1. The van der Waals surface area contributed by atoms with Crippen molar-refractivity contribution in [3.05, 3.63) is 69.5 Å². The predicted molar refractivity (Wildman–Crippen MR) is 82.8 cm³/mol. The van der Waals surface area contributed by atoms with Crippen molar-refractivity contribution in [3.63, 3.8) is 0 Å². The Morgan fingerprint density at radius 3 is 2.10 bits per heavy atom. The average molecular weight is 312 g/mol. The van der Waals surface area contributed by atoms with Gasteiger partial charge in [-0.15, -0.1) is 0 Å². The molecule has 20 heavy (non-hydrogen) atoms. The summed E-state index contributed by atoms with van der Waals surface area (Å²) in [5.41, 5.74) is 7.82. The molecule has 2 aromatic rings. The molecule has 2 N–H and O–H groups in total. The zero-order valence-electron chi connectivity index (χ0n) is 11.0. The highest BCUT2D eigenvalue weighted by molar-refractivity contribution is 6.35. The van der Waals surface area contributed by atoms with Crippen molar-refractivity contribution in [2.24, 2.45) is 11.7 Å². The van der Waals surface area contributed by atoms with Gasteiger partial charge in [-0.25, -0.2) is 4.39 Å². The summed E-state index contributed by atoms with van der Waals surface area (Å²) in [4.78, 5) is 0. The Morgan fingerprint density at radius 2 is 1.55 bits per heavy atom. The number of halogens is 3. The van der Waals surface area contributed by atoms with Crippen LogP contribution < -0.4 is 5.73 Å². The molecule has 0 aromatic heterocycles. The van der Waals surface area contributed by atoms with E-state index in [1.54, 1.807) is 12.1 Å². The van der Waals surface area contributed by atoms with Gasteiger partial charge in [0.15, 0.2) is 0 Å². The molecule has 1 atom stereocenters. The van der Waals surface area contributed by atoms with E-state index < -0.39 is 0 Å². The minimum atomic E-state index is -0.229. The first kappa shape index (κ1) is 15.3. The maximum absolute atomic E-state index is 12.9. The summed E-state index contributed by atoms with van der Waals surface area (Å²) in [6.07, 6.45) is 1.49. The molecule has 0 aliphatic carbocycles. The van der Waals surface area contributed by atoms with Crippen molar-refractivity contribution in [1.82, 2.24) is 0 Å². The van der Waals surface area contributed by atoms with E-state index in [0.29, 0.717) is 23.0 Å². The van der Waals surface area contributed by atoms with E-state index in [4.69, 9.17) is 28.9 Å². The molecular formula is C16H16Cl2FN. The van der Waals surface area contributed by atoms with Crippen LogP contribution in [0.25, 0.3) is 0 Å². The Balaban J connectivity index is 2.11. The van der Waals surface area contributed by atoms with Crippen LogP contribution in [0.5, 0.6) is 0 Å². The van der Waals surface area contributed by atoms with E-state index in [-0.39, 0.29) is 11.7 Å². The highest BCUT2D eigenvalue weighted by Crippen LogP contribution is 2.27. The Hall–Kier alpha value is -1.09. The van der Waals surface area contributed by atoms with Gasteiger partial charge in [-0.2, -0.15) is 0 Å². The van der Waals surface area contributed by atoms with Crippen molar-refractivity contribution in [3.8, 4) is 0 Å². The van der Waals surface area contributed by atoms with Crippen LogP contribution in [0, 0.1) is 11.7 Å². The molecule has 0 heterocycles. The number of benzene rings is 2. The van der Waals surface area contributed by atoms with Crippen LogP contribution in [0.15, 0.2) is 42.5 Å². The predicted octanol–water partition coefficient (Wildman–Crippen LogP) is 4.49. The first-order valence-electron chi connectivity index (χ1n) is 6.47. The Morgan fingerprint density at radius 1 is 0.950 bits per heavy atom. The Kier molecular flexibility index (Phi) is 5.41. The smallest absolute Gasteiger partial charge is 0.123 e. The standard InChI is InChI=1S/C16H16Cl2FN/c17-15-2-1-3-16(18)14(15)9-12(10-20)8-11-4-6-13(19)7-5-11/h1-7,12H,8-10,20H2. The van der Waals surface area contributed by atoms with Gasteiger partial charge in [0.05, 0.1) is 0 Å². The number of rotatable bonds is 5. The van der Waals surface area contributed by atoms with E-state index in [0.717, 1.165) is 17.5 Å². The van der Waals surface area contributed by atoms with Crippen LogP contribution in [0.4, 0.5) is 4.39 Å². The molecule has 2 aromatic carbocycles. The molecule has 0 saturated heterocycles. The van der Waals surface area contributed by atoms with Crippen LogP contribution in [0.1, 0.15) is 11.1 Å². The van der Waals surface area contributed by atoms with Crippen LogP contribution >= 0.6 is 23.2 Å². The fraction of sp³-hybridized carbons (Fsp3) is 0.250. The van der Waals surface area contributed by atoms with Gasteiger partial charge in [-0.3, -0.25) is 0 Å². The van der Waals surface area contributed by atoms with E-state index in [2.05, 4.69) is 0 Å². The third-order valence-corrected chi connectivity index (χ3v) is 4.03. The summed E-state index contributed by atoms with van der Waals surface area (Å²) >= 11 is 12.4. The second-order valence-electron chi connectivity index (χ2n) is 4.84. The minimum Gasteiger partial charge on any atom is -0.330 e. The zero-order valence-corrected chi connectivity index (χ0v) is 12.5. The van der Waals surface area contributed by atoms with Crippen molar-refractivity contribution in [2.45, 2.75) is 12.8 Å². The summed E-state index contributed by atoms with van der Waals surface area (Å²) in [5, 5.41) is 1.32. The zero-order chi connectivity index (χ0) is 14.5. The highest BCUT2D eigenvalue weighted by atomic mass is 35.5. The van der Waals surface area contributed by atoms with Gasteiger partial charge < -0.3 is 5.73 Å². The van der Waals surface area contributed by atoms with Crippen molar-refractivity contribution < 1.29 is 4.39 Å². The molecule has 0 saturated carbocycles. The molecule has 0 spiro atoms. The van der Waals surface area contributed by atoms with Crippen molar-refractivity contribution in [1.29, 1.82) is 0 Å². The Labute approximate surface area is 128 Å². The lowest BCUT2D eigenvalue weighted by Gasteiger charge is -2.17.